The van der Waals surface area contributed by atoms with Gasteiger partial charge in [-0.2, -0.15) is 0 Å². The largest absolute Gasteiger partial charge is 0.493 e. The van der Waals surface area contributed by atoms with E-state index in [-0.39, 0.29) is 5.91 Å². The Morgan fingerprint density at radius 3 is 2.19 bits per heavy atom. The van der Waals surface area contributed by atoms with Crippen molar-refractivity contribution in [3.63, 3.8) is 0 Å². The first-order valence-corrected chi connectivity index (χ1v) is 10.7. The molecule has 3 aromatic rings. The fraction of sp³-hybridized carbons (Fsp3) is 0.240. The zero-order valence-electron chi connectivity index (χ0n) is 17.9. The summed E-state index contributed by atoms with van der Waals surface area (Å²) in [6.45, 7) is 1.13. The van der Waals surface area contributed by atoms with Gasteiger partial charge in [0.25, 0.3) is 5.91 Å². The van der Waals surface area contributed by atoms with Crippen molar-refractivity contribution in [2.24, 2.45) is 0 Å². The van der Waals surface area contributed by atoms with E-state index in [1.54, 1.807) is 38.3 Å². The zero-order valence-corrected chi connectivity index (χ0v) is 19.5. The molecule has 0 fully saturated rings. The highest BCUT2D eigenvalue weighted by Gasteiger charge is 2.18. The SMILES string of the molecule is COc1cc(Br)c(C(=O)N(C)CCc2ccc(OCc3ccccc3)cc2)cc1OC. The lowest BCUT2D eigenvalue weighted by atomic mass is 10.1. The molecule has 0 saturated carbocycles. The molecule has 0 unspecified atom stereocenters. The highest BCUT2D eigenvalue weighted by atomic mass is 79.9. The molecule has 0 bridgehead atoms. The van der Waals surface area contributed by atoms with Gasteiger partial charge in [-0.15, -0.1) is 0 Å². The fourth-order valence-corrected chi connectivity index (χ4v) is 3.61. The molecule has 5 nitrogen and oxygen atoms in total. The molecular formula is C25H26BrNO4. The lowest BCUT2D eigenvalue weighted by Crippen LogP contribution is -2.29. The van der Waals surface area contributed by atoms with E-state index in [4.69, 9.17) is 14.2 Å². The van der Waals surface area contributed by atoms with Gasteiger partial charge in [0.2, 0.25) is 0 Å². The van der Waals surface area contributed by atoms with Crippen LogP contribution in [0.5, 0.6) is 17.2 Å². The average molecular weight is 484 g/mol. The number of carbonyl (C=O) groups is 1. The third-order valence-electron chi connectivity index (χ3n) is 4.96. The van der Waals surface area contributed by atoms with Crippen LogP contribution in [-0.2, 0) is 13.0 Å². The standard InChI is InChI=1S/C25H26BrNO4/c1-27(25(28)21-15-23(29-2)24(30-3)16-22(21)26)14-13-18-9-11-20(12-10-18)31-17-19-7-5-4-6-8-19/h4-12,15-16H,13-14,17H2,1-3H3. The van der Waals surface area contributed by atoms with Crippen molar-refractivity contribution in [1.82, 2.24) is 4.90 Å². The second-order valence-corrected chi connectivity index (χ2v) is 7.94. The lowest BCUT2D eigenvalue weighted by Gasteiger charge is -2.19. The van der Waals surface area contributed by atoms with Gasteiger partial charge >= 0.3 is 0 Å². The van der Waals surface area contributed by atoms with E-state index in [1.807, 2.05) is 54.6 Å². The van der Waals surface area contributed by atoms with E-state index < -0.39 is 0 Å². The van der Waals surface area contributed by atoms with Crippen LogP contribution in [0.15, 0.2) is 71.2 Å². The molecule has 0 aliphatic rings. The number of amides is 1. The van der Waals surface area contributed by atoms with Gasteiger partial charge < -0.3 is 19.1 Å². The molecule has 31 heavy (non-hydrogen) atoms. The molecule has 0 atom stereocenters. The Bertz CT molecular complexity index is 1010. The number of ether oxygens (including phenoxy) is 3. The molecule has 0 radical (unpaired) electrons. The number of nitrogens with zero attached hydrogens (tertiary/aromatic N) is 1. The van der Waals surface area contributed by atoms with Gasteiger partial charge in [0.05, 0.1) is 19.8 Å². The van der Waals surface area contributed by atoms with Crippen molar-refractivity contribution < 1.29 is 19.0 Å². The van der Waals surface area contributed by atoms with Crippen LogP contribution in [0.4, 0.5) is 0 Å². The van der Waals surface area contributed by atoms with Crippen molar-refractivity contribution in [1.29, 1.82) is 0 Å². The summed E-state index contributed by atoms with van der Waals surface area (Å²) in [5, 5.41) is 0. The quantitative estimate of drug-likeness (QED) is 0.410. The second kappa shape index (κ2) is 10.9. The summed E-state index contributed by atoms with van der Waals surface area (Å²) in [5.41, 5.74) is 2.80. The van der Waals surface area contributed by atoms with Crippen LogP contribution < -0.4 is 14.2 Å². The molecule has 0 N–H and O–H groups in total. The molecule has 0 aliphatic heterocycles. The summed E-state index contributed by atoms with van der Waals surface area (Å²) < 4.78 is 17.1. The van der Waals surface area contributed by atoms with Crippen LogP contribution in [0.25, 0.3) is 0 Å². The molecule has 6 heteroatoms. The van der Waals surface area contributed by atoms with E-state index in [0.717, 1.165) is 23.3 Å². The molecule has 0 aromatic heterocycles. The van der Waals surface area contributed by atoms with Crippen LogP contribution in [0.2, 0.25) is 0 Å². The smallest absolute Gasteiger partial charge is 0.254 e. The molecule has 0 aliphatic carbocycles. The number of likely N-dealkylation sites (N-methyl/N-ethyl adjacent to an activating group) is 1. The Hall–Kier alpha value is -2.99. The number of hydrogen-bond donors (Lipinski definition) is 0. The van der Waals surface area contributed by atoms with Crippen molar-refractivity contribution in [3.8, 4) is 17.2 Å². The lowest BCUT2D eigenvalue weighted by molar-refractivity contribution is 0.0795. The first-order chi connectivity index (χ1) is 15.0. The first-order valence-electron chi connectivity index (χ1n) is 9.94. The van der Waals surface area contributed by atoms with Gasteiger partial charge in [-0.25, -0.2) is 0 Å². The summed E-state index contributed by atoms with van der Waals surface area (Å²) in [4.78, 5) is 14.6. The highest BCUT2D eigenvalue weighted by molar-refractivity contribution is 9.10. The van der Waals surface area contributed by atoms with Gasteiger partial charge in [-0.3, -0.25) is 4.79 Å². The molecule has 1 amide bonds. The van der Waals surface area contributed by atoms with E-state index in [2.05, 4.69) is 15.9 Å². The minimum absolute atomic E-state index is 0.0874. The van der Waals surface area contributed by atoms with Gasteiger partial charge in [-0.05, 0) is 57.7 Å². The van der Waals surface area contributed by atoms with Crippen molar-refractivity contribution in [2.75, 3.05) is 27.8 Å². The van der Waals surface area contributed by atoms with Crippen LogP contribution in [0.3, 0.4) is 0 Å². The van der Waals surface area contributed by atoms with E-state index in [1.165, 1.54) is 0 Å². The predicted molar refractivity (Wildman–Crippen MR) is 125 cm³/mol. The topological polar surface area (TPSA) is 48.0 Å². The molecular weight excluding hydrogens is 458 g/mol. The minimum Gasteiger partial charge on any atom is -0.493 e. The first kappa shape index (κ1) is 22.7. The molecule has 0 spiro atoms. The van der Waals surface area contributed by atoms with Gasteiger partial charge in [-0.1, -0.05) is 42.5 Å². The monoisotopic (exact) mass is 483 g/mol. The summed E-state index contributed by atoms with van der Waals surface area (Å²) in [6, 6.07) is 21.5. The summed E-state index contributed by atoms with van der Waals surface area (Å²) in [5.74, 6) is 1.83. The van der Waals surface area contributed by atoms with Gasteiger partial charge in [0, 0.05) is 18.1 Å². The van der Waals surface area contributed by atoms with Crippen LogP contribution in [-0.4, -0.2) is 38.6 Å². The van der Waals surface area contributed by atoms with E-state index in [9.17, 15) is 4.79 Å². The molecule has 3 aromatic carbocycles. The number of halogens is 1. The molecule has 3 rings (SSSR count). The predicted octanol–water partition coefficient (Wildman–Crippen LogP) is 5.36. The molecule has 0 heterocycles. The number of hydrogen-bond acceptors (Lipinski definition) is 4. The summed E-state index contributed by atoms with van der Waals surface area (Å²) >= 11 is 3.46. The number of carbonyl (C=O) groups excluding carboxylic acids is 1. The van der Waals surface area contributed by atoms with Crippen LogP contribution >= 0.6 is 15.9 Å². The molecule has 0 saturated heterocycles. The van der Waals surface area contributed by atoms with Crippen molar-refractivity contribution in [3.05, 3.63) is 87.9 Å². The van der Waals surface area contributed by atoms with E-state index in [0.29, 0.717) is 34.7 Å². The number of methoxy groups -OCH3 is 2. The number of rotatable bonds is 9. The zero-order chi connectivity index (χ0) is 22.2. The normalized spacial score (nSPS) is 10.5. The maximum Gasteiger partial charge on any atom is 0.254 e. The Morgan fingerprint density at radius 1 is 0.903 bits per heavy atom. The Kier molecular flexibility index (Phi) is 7.95. The minimum atomic E-state index is -0.0874. The van der Waals surface area contributed by atoms with E-state index >= 15 is 0 Å². The maximum absolute atomic E-state index is 12.9. The van der Waals surface area contributed by atoms with Crippen LogP contribution in [0.1, 0.15) is 21.5 Å². The second-order valence-electron chi connectivity index (χ2n) is 7.08. The Morgan fingerprint density at radius 2 is 1.55 bits per heavy atom. The van der Waals surface area contributed by atoms with Crippen molar-refractivity contribution >= 4 is 21.8 Å². The summed E-state index contributed by atoms with van der Waals surface area (Å²) in [6.07, 6.45) is 0.742. The highest BCUT2D eigenvalue weighted by Crippen LogP contribution is 2.33. The van der Waals surface area contributed by atoms with Gasteiger partial charge in [0.15, 0.2) is 11.5 Å². The molecule has 162 valence electrons. The Balaban J connectivity index is 1.56. The van der Waals surface area contributed by atoms with Crippen molar-refractivity contribution in [2.45, 2.75) is 13.0 Å². The third-order valence-corrected chi connectivity index (χ3v) is 5.61. The summed E-state index contributed by atoms with van der Waals surface area (Å²) in [7, 11) is 4.91. The Labute approximate surface area is 191 Å². The maximum atomic E-state index is 12.9. The number of benzene rings is 3. The fourth-order valence-electron chi connectivity index (χ4n) is 3.12. The third kappa shape index (κ3) is 6.01. The van der Waals surface area contributed by atoms with Gasteiger partial charge in [0.1, 0.15) is 12.4 Å². The average Bonchev–Trinajstić information content (AvgIpc) is 2.81. The van der Waals surface area contributed by atoms with Crippen LogP contribution in [0, 0.1) is 0 Å².